The zero-order chi connectivity index (χ0) is 12.5. The minimum absolute atomic E-state index is 0.194. The summed E-state index contributed by atoms with van der Waals surface area (Å²) in [7, 11) is 0. The van der Waals surface area contributed by atoms with Crippen LogP contribution in [-0.2, 0) is 11.3 Å². The predicted octanol–water partition coefficient (Wildman–Crippen LogP) is 0.749. The maximum absolute atomic E-state index is 12.2. The van der Waals surface area contributed by atoms with Crippen LogP contribution in [0.1, 0.15) is 12.8 Å². The maximum atomic E-state index is 12.2. The molecule has 0 aromatic carbocycles. The first-order chi connectivity index (χ1) is 7.97. The van der Waals surface area contributed by atoms with Crippen LogP contribution in [0, 0.1) is 0 Å². The SMILES string of the molecule is OC(C1CCC(Cn2cncn2)O1)C(F)(F)F. The van der Waals surface area contributed by atoms with Gasteiger partial charge in [0.15, 0.2) is 6.10 Å². The molecule has 0 bridgehead atoms. The van der Waals surface area contributed by atoms with Crippen LogP contribution in [0.4, 0.5) is 13.2 Å². The van der Waals surface area contributed by atoms with Gasteiger partial charge >= 0.3 is 6.18 Å². The molecule has 1 saturated heterocycles. The van der Waals surface area contributed by atoms with Crippen molar-refractivity contribution >= 4 is 0 Å². The predicted molar refractivity (Wildman–Crippen MR) is 50.0 cm³/mol. The van der Waals surface area contributed by atoms with Crippen LogP contribution in [0.5, 0.6) is 0 Å². The molecule has 1 N–H and O–H groups in total. The van der Waals surface area contributed by atoms with E-state index in [1.807, 2.05) is 0 Å². The van der Waals surface area contributed by atoms with E-state index in [0.29, 0.717) is 13.0 Å². The van der Waals surface area contributed by atoms with Crippen molar-refractivity contribution in [3.8, 4) is 0 Å². The Labute approximate surface area is 95.2 Å². The van der Waals surface area contributed by atoms with E-state index >= 15 is 0 Å². The first-order valence-electron chi connectivity index (χ1n) is 5.19. The first-order valence-corrected chi connectivity index (χ1v) is 5.19. The van der Waals surface area contributed by atoms with Gasteiger partial charge in [0.2, 0.25) is 0 Å². The van der Waals surface area contributed by atoms with Gasteiger partial charge in [-0.15, -0.1) is 0 Å². The molecule has 2 rings (SSSR count). The van der Waals surface area contributed by atoms with Crippen LogP contribution in [0.3, 0.4) is 0 Å². The van der Waals surface area contributed by atoms with Crippen molar-refractivity contribution < 1.29 is 23.0 Å². The Morgan fingerprint density at radius 3 is 2.82 bits per heavy atom. The highest BCUT2D eigenvalue weighted by atomic mass is 19.4. The van der Waals surface area contributed by atoms with E-state index in [1.165, 1.54) is 17.3 Å². The third-order valence-corrected chi connectivity index (χ3v) is 2.69. The van der Waals surface area contributed by atoms with Gasteiger partial charge in [0, 0.05) is 0 Å². The molecule has 0 aliphatic carbocycles. The highest BCUT2D eigenvalue weighted by Crippen LogP contribution is 2.31. The molecule has 1 aliphatic rings. The number of alkyl halides is 3. The second kappa shape index (κ2) is 4.61. The Kier molecular flexibility index (Phi) is 3.34. The highest BCUT2D eigenvalue weighted by molar-refractivity contribution is 4.83. The minimum Gasteiger partial charge on any atom is -0.381 e. The van der Waals surface area contributed by atoms with Gasteiger partial charge in [0.05, 0.1) is 18.8 Å². The van der Waals surface area contributed by atoms with Crippen LogP contribution in [0.25, 0.3) is 0 Å². The molecule has 8 heteroatoms. The van der Waals surface area contributed by atoms with Crippen molar-refractivity contribution in [2.24, 2.45) is 0 Å². The molecule has 0 amide bonds. The van der Waals surface area contributed by atoms with Crippen molar-refractivity contribution in [1.82, 2.24) is 14.8 Å². The monoisotopic (exact) mass is 251 g/mol. The van der Waals surface area contributed by atoms with Gasteiger partial charge in [-0.3, -0.25) is 4.68 Å². The number of halogens is 3. The smallest absolute Gasteiger partial charge is 0.381 e. The number of aliphatic hydroxyl groups excluding tert-OH is 1. The van der Waals surface area contributed by atoms with E-state index in [9.17, 15) is 13.2 Å². The Morgan fingerprint density at radius 2 is 2.24 bits per heavy atom. The van der Waals surface area contributed by atoms with E-state index in [4.69, 9.17) is 9.84 Å². The van der Waals surface area contributed by atoms with Crippen LogP contribution in [-0.4, -0.2) is 44.4 Å². The number of aromatic nitrogens is 3. The molecule has 0 radical (unpaired) electrons. The lowest BCUT2D eigenvalue weighted by atomic mass is 10.1. The molecule has 1 aromatic rings. The summed E-state index contributed by atoms with van der Waals surface area (Å²) in [6.07, 6.45) is -5.11. The van der Waals surface area contributed by atoms with Gasteiger partial charge in [-0.05, 0) is 12.8 Å². The van der Waals surface area contributed by atoms with Crippen LogP contribution in [0.15, 0.2) is 12.7 Å². The summed E-state index contributed by atoms with van der Waals surface area (Å²) in [4.78, 5) is 3.72. The second-order valence-corrected chi connectivity index (χ2v) is 3.98. The third kappa shape index (κ3) is 2.95. The molecule has 1 fully saturated rings. The molecule has 96 valence electrons. The molecule has 1 aliphatic heterocycles. The lowest BCUT2D eigenvalue weighted by molar-refractivity contribution is -0.234. The van der Waals surface area contributed by atoms with Crippen molar-refractivity contribution in [3.63, 3.8) is 0 Å². The summed E-state index contributed by atoms with van der Waals surface area (Å²) in [5, 5.41) is 12.9. The number of hydrogen-bond acceptors (Lipinski definition) is 4. The topological polar surface area (TPSA) is 60.2 Å². The summed E-state index contributed by atoms with van der Waals surface area (Å²) in [6.45, 7) is 0.348. The van der Waals surface area contributed by atoms with Gasteiger partial charge in [0.1, 0.15) is 12.7 Å². The molecular weight excluding hydrogens is 239 g/mol. The number of nitrogens with zero attached hydrogens (tertiary/aromatic N) is 3. The van der Waals surface area contributed by atoms with Crippen molar-refractivity contribution in [2.75, 3.05) is 0 Å². The Hall–Kier alpha value is -1.15. The summed E-state index contributed by atoms with van der Waals surface area (Å²) in [5.41, 5.74) is 0. The Bertz CT molecular complexity index is 355. The number of hydrogen-bond donors (Lipinski definition) is 1. The lowest BCUT2D eigenvalue weighted by Gasteiger charge is -2.21. The van der Waals surface area contributed by atoms with E-state index in [1.54, 1.807) is 0 Å². The molecule has 0 spiro atoms. The second-order valence-electron chi connectivity index (χ2n) is 3.98. The first kappa shape index (κ1) is 12.3. The fourth-order valence-corrected chi connectivity index (χ4v) is 1.85. The quantitative estimate of drug-likeness (QED) is 0.861. The van der Waals surface area contributed by atoms with Crippen molar-refractivity contribution in [1.29, 1.82) is 0 Å². The zero-order valence-corrected chi connectivity index (χ0v) is 8.84. The standard InChI is InChI=1S/C9H12F3N3O2/c10-9(11,12)8(16)7-2-1-6(17-7)3-15-5-13-4-14-15/h4-8,16H,1-3H2. The lowest BCUT2D eigenvalue weighted by Crippen LogP contribution is -2.39. The molecule has 17 heavy (non-hydrogen) atoms. The van der Waals surface area contributed by atoms with Gasteiger partial charge in [0.25, 0.3) is 0 Å². The fourth-order valence-electron chi connectivity index (χ4n) is 1.85. The van der Waals surface area contributed by atoms with E-state index in [0.717, 1.165) is 0 Å². The molecule has 2 heterocycles. The fraction of sp³-hybridized carbons (Fsp3) is 0.778. The molecular formula is C9H12F3N3O2. The van der Waals surface area contributed by atoms with E-state index in [2.05, 4.69) is 10.1 Å². The van der Waals surface area contributed by atoms with Gasteiger partial charge < -0.3 is 9.84 Å². The number of rotatable bonds is 3. The zero-order valence-electron chi connectivity index (χ0n) is 8.84. The normalized spacial score (nSPS) is 27.3. The van der Waals surface area contributed by atoms with Gasteiger partial charge in [-0.1, -0.05) is 0 Å². The van der Waals surface area contributed by atoms with E-state index < -0.39 is 18.4 Å². The average molecular weight is 251 g/mol. The molecule has 1 aromatic heterocycles. The van der Waals surface area contributed by atoms with Crippen molar-refractivity contribution in [3.05, 3.63) is 12.7 Å². The Balaban J connectivity index is 1.87. The summed E-state index contributed by atoms with van der Waals surface area (Å²) in [6, 6.07) is 0. The summed E-state index contributed by atoms with van der Waals surface area (Å²) in [5.74, 6) is 0. The van der Waals surface area contributed by atoms with Crippen LogP contribution < -0.4 is 0 Å². The molecule has 5 nitrogen and oxygen atoms in total. The summed E-state index contributed by atoms with van der Waals surface area (Å²) < 4.78 is 43.4. The van der Waals surface area contributed by atoms with Gasteiger partial charge in [-0.2, -0.15) is 18.3 Å². The van der Waals surface area contributed by atoms with Gasteiger partial charge in [-0.25, -0.2) is 4.98 Å². The van der Waals surface area contributed by atoms with E-state index in [-0.39, 0.29) is 12.5 Å². The summed E-state index contributed by atoms with van der Waals surface area (Å²) >= 11 is 0. The van der Waals surface area contributed by atoms with Crippen LogP contribution in [0.2, 0.25) is 0 Å². The average Bonchev–Trinajstić information content (AvgIpc) is 2.87. The number of ether oxygens (including phenoxy) is 1. The number of aliphatic hydroxyl groups is 1. The third-order valence-electron chi connectivity index (χ3n) is 2.69. The molecule has 3 atom stereocenters. The minimum atomic E-state index is -4.63. The largest absolute Gasteiger partial charge is 0.416 e. The van der Waals surface area contributed by atoms with Crippen LogP contribution >= 0.6 is 0 Å². The maximum Gasteiger partial charge on any atom is 0.416 e. The molecule has 0 saturated carbocycles. The Morgan fingerprint density at radius 1 is 1.47 bits per heavy atom. The highest BCUT2D eigenvalue weighted by Gasteiger charge is 2.46. The van der Waals surface area contributed by atoms with Crippen molar-refractivity contribution in [2.45, 2.75) is 43.9 Å². The molecule has 3 unspecified atom stereocenters.